The standard InChI is InChI=1S/C12H10O4/c1-2-4-9-8(3-1)5-10-12(15-6-13-10)11(9)14-7-16-12/h1-5,11H,6-7H2. The van der Waals surface area contributed by atoms with Crippen molar-refractivity contribution in [1.29, 1.82) is 0 Å². The summed E-state index contributed by atoms with van der Waals surface area (Å²) in [4.78, 5) is 0. The minimum atomic E-state index is -0.839. The fraction of sp³-hybridized carbons (Fsp3) is 0.333. The molecule has 16 heavy (non-hydrogen) atoms. The van der Waals surface area contributed by atoms with E-state index in [1.807, 2.05) is 30.3 Å². The van der Waals surface area contributed by atoms with Crippen molar-refractivity contribution in [2.75, 3.05) is 13.6 Å². The molecule has 82 valence electrons. The van der Waals surface area contributed by atoms with Crippen LogP contribution < -0.4 is 0 Å². The fourth-order valence-electron chi connectivity index (χ4n) is 2.50. The maximum atomic E-state index is 5.62. The predicted octanol–water partition coefficient (Wildman–Crippen LogP) is 1.79. The van der Waals surface area contributed by atoms with Crippen LogP contribution in [0.4, 0.5) is 0 Å². The minimum Gasteiger partial charge on any atom is -0.466 e. The molecule has 2 heterocycles. The molecule has 2 atom stereocenters. The number of hydrogen-bond acceptors (Lipinski definition) is 4. The highest BCUT2D eigenvalue weighted by molar-refractivity contribution is 5.62. The van der Waals surface area contributed by atoms with E-state index >= 15 is 0 Å². The first kappa shape index (κ1) is 8.75. The molecule has 2 aliphatic heterocycles. The average Bonchev–Trinajstić information content (AvgIpc) is 2.90. The smallest absolute Gasteiger partial charge is 0.264 e. The van der Waals surface area contributed by atoms with Gasteiger partial charge in [-0.3, -0.25) is 0 Å². The first-order valence-corrected chi connectivity index (χ1v) is 5.23. The molecule has 1 aromatic rings. The molecular weight excluding hydrogens is 208 g/mol. The van der Waals surface area contributed by atoms with Gasteiger partial charge in [-0.15, -0.1) is 0 Å². The van der Waals surface area contributed by atoms with Crippen LogP contribution in [0.2, 0.25) is 0 Å². The van der Waals surface area contributed by atoms with Crippen molar-refractivity contribution in [2.24, 2.45) is 0 Å². The second-order valence-corrected chi connectivity index (χ2v) is 4.02. The molecule has 0 amide bonds. The van der Waals surface area contributed by atoms with Crippen LogP contribution in [0.5, 0.6) is 0 Å². The third-order valence-corrected chi connectivity index (χ3v) is 3.25. The molecule has 4 heteroatoms. The monoisotopic (exact) mass is 218 g/mol. The Bertz CT molecular complexity index is 478. The molecule has 0 radical (unpaired) electrons. The summed E-state index contributed by atoms with van der Waals surface area (Å²) in [5, 5.41) is 0. The number of rotatable bonds is 0. The molecule has 0 N–H and O–H groups in total. The Labute approximate surface area is 92.4 Å². The normalized spacial score (nSPS) is 34.8. The first-order chi connectivity index (χ1) is 7.90. The molecule has 4 rings (SSSR count). The molecule has 0 bridgehead atoms. The summed E-state index contributed by atoms with van der Waals surface area (Å²) in [6, 6.07) is 8.05. The van der Waals surface area contributed by atoms with Crippen LogP contribution in [-0.2, 0) is 18.9 Å². The first-order valence-electron chi connectivity index (χ1n) is 5.23. The van der Waals surface area contributed by atoms with Crippen molar-refractivity contribution in [3.63, 3.8) is 0 Å². The van der Waals surface area contributed by atoms with Gasteiger partial charge in [0, 0.05) is 0 Å². The molecule has 2 saturated heterocycles. The van der Waals surface area contributed by atoms with Crippen molar-refractivity contribution in [1.82, 2.24) is 0 Å². The quantitative estimate of drug-likeness (QED) is 0.665. The van der Waals surface area contributed by atoms with Gasteiger partial charge in [0.25, 0.3) is 5.79 Å². The van der Waals surface area contributed by atoms with Crippen LogP contribution in [0, 0.1) is 0 Å². The number of benzene rings is 1. The van der Waals surface area contributed by atoms with E-state index in [-0.39, 0.29) is 19.7 Å². The number of hydrogen-bond donors (Lipinski definition) is 0. The van der Waals surface area contributed by atoms with Crippen molar-refractivity contribution < 1.29 is 18.9 Å². The highest BCUT2D eigenvalue weighted by Gasteiger charge is 2.58. The molecular formula is C12H10O4. The van der Waals surface area contributed by atoms with Crippen molar-refractivity contribution in [3.05, 3.63) is 41.2 Å². The van der Waals surface area contributed by atoms with Gasteiger partial charge in [-0.1, -0.05) is 24.3 Å². The molecule has 1 aliphatic carbocycles. The summed E-state index contributed by atoms with van der Waals surface area (Å²) < 4.78 is 22.2. The Morgan fingerprint density at radius 2 is 2.00 bits per heavy atom. The van der Waals surface area contributed by atoms with Gasteiger partial charge in [-0.25, -0.2) is 0 Å². The SMILES string of the molecule is C1=C2OCOC23OCOC3c2ccccc21. The zero-order valence-corrected chi connectivity index (χ0v) is 8.51. The molecule has 0 saturated carbocycles. The molecule has 1 aromatic carbocycles. The lowest BCUT2D eigenvalue weighted by molar-refractivity contribution is -0.169. The molecule has 0 aromatic heterocycles. The van der Waals surface area contributed by atoms with Crippen LogP contribution >= 0.6 is 0 Å². The minimum absolute atomic E-state index is 0.216. The number of fused-ring (bicyclic) bond motifs is 2. The summed E-state index contributed by atoms with van der Waals surface area (Å²) in [7, 11) is 0. The topological polar surface area (TPSA) is 36.9 Å². The average molecular weight is 218 g/mol. The molecule has 3 aliphatic rings. The highest BCUT2D eigenvalue weighted by Crippen LogP contribution is 2.51. The summed E-state index contributed by atoms with van der Waals surface area (Å²) in [5.41, 5.74) is 2.20. The van der Waals surface area contributed by atoms with Crippen LogP contribution in [-0.4, -0.2) is 19.4 Å². The highest BCUT2D eigenvalue weighted by atomic mass is 16.9. The van der Waals surface area contributed by atoms with Gasteiger partial charge in [0.2, 0.25) is 0 Å². The van der Waals surface area contributed by atoms with Gasteiger partial charge < -0.3 is 18.9 Å². The number of ether oxygens (including phenoxy) is 4. The van der Waals surface area contributed by atoms with E-state index in [4.69, 9.17) is 18.9 Å². The van der Waals surface area contributed by atoms with E-state index in [9.17, 15) is 0 Å². The van der Waals surface area contributed by atoms with Gasteiger partial charge >= 0.3 is 0 Å². The van der Waals surface area contributed by atoms with Gasteiger partial charge in [0.15, 0.2) is 19.3 Å². The van der Waals surface area contributed by atoms with E-state index in [0.717, 1.165) is 11.1 Å². The Morgan fingerprint density at radius 3 is 3.00 bits per heavy atom. The Morgan fingerprint density at radius 1 is 1.12 bits per heavy atom. The molecule has 2 unspecified atom stereocenters. The Hall–Kier alpha value is -1.36. The van der Waals surface area contributed by atoms with E-state index in [1.54, 1.807) is 0 Å². The second-order valence-electron chi connectivity index (χ2n) is 4.02. The summed E-state index contributed by atoms with van der Waals surface area (Å²) in [6.07, 6.45) is 1.75. The largest absolute Gasteiger partial charge is 0.466 e. The van der Waals surface area contributed by atoms with E-state index in [0.29, 0.717) is 5.76 Å². The lowest BCUT2D eigenvalue weighted by Gasteiger charge is -2.30. The zero-order chi connectivity index (χ0) is 10.6. The predicted molar refractivity (Wildman–Crippen MR) is 54.0 cm³/mol. The summed E-state index contributed by atoms with van der Waals surface area (Å²) >= 11 is 0. The Kier molecular flexibility index (Phi) is 1.56. The van der Waals surface area contributed by atoms with E-state index in [2.05, 4.69) is 0 Å². The fourth-order valence-corrected chi connectivity index (χ4v) is 2.50. The lowest BCUT2D eigenvalue weighted by Crippen LogP contribution is -2.37. The van der Waals surface area contributed by atoms with Gasteiger partial charge in [-0.2, -0.15) is 0 Å². The lowest BCUT2D eigenvalue weighted by atomic mass is 9.89. The van der Waals surface area contributed by atoms with Crippen LogP contribution in [0.3, 0.4) is 0 Å². The summed E-state index contributed by atoms with van der Waals surface area (Å²) in [5.74, 6) is -0.123. The maximum absolute atomic E-state index is 5.62. The van der Waals surface area contributed by atoms with Crippen molar-refractivity contribution in [3.8, 4) is 0 Å². The van der Waals surface area contributed by atoms with E-state index in [1.165, 1.54) is 0 Å². The van der Waals surface area contributed by atoms with Crippen molar-refractivity contribution in [2.45, 2.75) is 11.9 Å². The van der Waals surface area contributed by atoms with Crippen LogP contribution in [0.15, 0.2) is 30.0 Å². The molecule has 2 fully saturated rings. The third-order valence-electron chi connectivity index (χ3n) is 3.25. The maximum Gasteiger partial charge on any atom is 0.264 e. The Balaban J connectivity index is 1.97. The summed E-state index contributed by atoms with van der Waals surface area (Å²) in [6.45, 7) is 0.458. The van der Waals surface area contributed by atoms with Crippen LogP contribution in [0.25, 0.3) is 6.08 Å². The van der Waals surface area contributed by atoms with Gasteiger partial charge in [0.05, 0.1) is 0 Å². The van der Waals surface area contributed by atoms with Crippen LogP contribution in [0.1, 0.15) is 17.2 Å². The molecule has 1 spiro atoms. The van der Waals surface area contributed by atoms with E-state index < -0.39 is 5.79 Å². The van der Waals surface area contributed by atoms with Gasteiger partial charge in [0.1, 0.15) is 6.10 Å². The zero-order valence-electron chi connectivity index (χ0n) is 8.51. The second kappa shape index (κ2) is 2.85. The third kappa shape index (κ3) is 0.899. The van der Waals surface area contributed by atoms with Crippen molar-refractivity contribution >= 4 is 6.08 Å². The van der Waals surface area contributed by atoms with Gasteiger partial charge in [-0.05, 0) is 17.2 Å². The molecule has 4 nitrogen and oxygen atoms in total.